The summed E-state index contributed by atoms with van der Waals surface area (Å²) >= 11 is 2.74. The van der Waals surface area contributed by atoms with Crippen LogP contribution in [0.25, 0.3) is 0 Å². The molecule has 2 N–H and O–H groups in total. The van der Waals surface area contributed by atoms with Crippen molar-refractivity contribution in [3.63, 3.8) is 0 Å². The highest BCUT2D eigenvalue weighted by atomic mass is 32.2. The Morgan fingerprint density at radius 2 is 1.77 bits per heavy atom. The lowest BCUT2D eigenvalue weighted by Gasteiger charge is -2.07. The molecule has 4 rings (SSSR count). The number of nitrogens with zero attached hydrogens (tertiary/aromatic N) is 2. The fourth-order valence-corrected chi connectivity index (χ4v) is 5.28. The summed E-state index contributed by atoms with van der Waals surface area (Å²) in [6.07, 6.45) is 3.25. The van der Waals surface area contributed by atoms with Crippen molar-refractivity contribution in [3.05, 3.63) is 77.2 Å². The minimum Gasteiger partial charge on any atom is -0.494 e. The molecule has 0 saturated heterocycles. The van der Waals surface area contributed by atoms with Crippen LogP contribution in [0.3, 0.4) is 0 Å². The Morgan fingerprint density at radius 3 is 2.52 bits per heavy atom. The highest BCUT2D eigenvalue weighted by Crippen LogP contribution is 2.24. The first-order valence-corrected chi connectivity index (χ1v) is 12.7. The summed E-state index contributed by atoms with van der Waals surface area (Å²) in [6, 6.07) is 16.3. The lowest BCUT2D eigenvalue weighted by molar-refractivity contribution is 0.310. The van der Waals surface area contributed by atoms with Gasteiger partial charge in [-0.25, -0.2) is 18.4 Å². The van der Waals surface area contributed by atoms with Crippen LogP contribution in [0.2, 0.25) is 0 Å². The lowest BCUT2D eigenvalue weighted by atomic mass is 10.2. The highest BCUT2D eigenvalue weighted by molar-refractivity contribution is 7.93. The van der Waals surface area contributed by atoms with Crippen molar-refractivity contribution in [2.75, 3.05) is 16.6 Å². The zero-order valence-corrected chi connectivity index (χ0v) is 18.8. The first-order chi connectivity index (χ1) is 15.1. The number of ether oxygens (including phenoxy) is 1. The molecule has 0 bridgehead atoms. The maximum absolute atomic E-state index is 12.4. The van der Waals surface area contributed by atoms with Crippen molar-refractivity contribution < 1.29 is 13.2 Å². The second-order valence-electron chi connectivity index (χ2n) is 6.50. The molecule has 0 unspecified atom stereocenters. The summed E-state index contributed by atoms with van der Waals surface area (Å²) in [6.45, 7) is 0.634. The number of aryl methyl sites for hydroxylation is 1. The van der Waals surface area contributed by atoms with Crippen molar-refractivity contribution in [2.45, 2.75) is 17.7 Å². The molecule has 0 spiro atoms. The number of sulfonamides is 1. The number of nitrogens with one attached hydrogen (secondary N) is 2. The molecular formula is C21H20N4O3S3. The largest absolute Gasteiger partial charge is 0.494 e. The molecule has 4 aromatic rings. The normalized spacial score (nSPS) is 11.2. The van der Waals surface area contributed by atoms with Crippen LogP contribution in [0.1, 0.15) is 12.1 Å². The van der Waals surface area contributed by atoms with Gasteiger partial charge in [0.1, 0.15) is 5.75 Å². The molecule has 0 aliphatic heterocycles. The number of thiazole rings is 2. The number of aromatic nitrogens is 2. The predicted molar refractivity (Wildman–Crippen MR) is 125 cm³/mol. The first kappa shape index (κ1) is 21.3. The number of benzene rings is 2. The van der Waals surface area contributed by atoms with Gasteiger partial charge in [0.2, 0.25) is 0 Å². The Balaban J connectivity index is 1.28. The van der Waals surface area contributed by atoms with Gasteiger partial charge in [-0.3, -0.25) is 4.72 Å². The number of hydrogen-bond acceptors (Lipinski definition) is 8. The quantitative estimate of drug-likeness (QED) is 0.310. The Hall–Kier alpha value is -2.95. The molecule has 2 aromatic carbocycles. The van der Waals surface area contributed by atoms with Crippen molar-refractivity contribution in [1.82, 2.24) is 9.97 Å². The number of para-hydroxylation sites is 1. The molecule has 2 heterocycles. The predicted octanol–water partition coefficient (Wildman–Crippen LogP) is 5.16. The molecule has 160 valence electrons. The average molecular weight is 473 g/mol. The second-order valence-corrected chi connectivity index (χ2v) is 9.94. The molecule has 2 aromatic heterocycles. The maximum atomic E-state index is 12.4. The summed E-state index contributed by atoms with van der Waals surface area (Å²) < 4.78 is 33.0. The van der Waals surface area contributed by atoms with Gasteiger partial charge in [-0.15, -0.1) is 22.7 Å². The van der Waals surface area contributed by atoms with E-state index in [0.29, 0.717) is 11.7 Å². The van der Waals surface area contributed by atoms with E-state index in [0.717, 1.165) is 35.1 Å². The van der Waals surface area contributed by atoms with E-state index in [4.69, 9.17) is 4.74 Å². The van der Waals surface area contributed by atoms with Crippen LogP contribution in [0.5, 0.6) is 5.75 Å². The first-order valence-electron chi connectivity index (χ1n) is 9.50. The van der Waals surface area contributed by atoms with Crippen molar-refractivity contribution >= 4 is 48.6 Å². The number of rotatable bonds is 10. The monoisotopic (exact) mass is 472 g/mol. The number of anilines is 3. The standard InChI is InChI=1S/C21H20N4O3S3/c26-31(27,25-20-22-12-14-29-20)19-10-8-16(9-11-19)23-21-24-17(15-30-21)5-4-13-28-18-6-2-1-3-7-18/h1-3,6-12,14-15H,4-5,13H2,(H,22,25)(H,23,24). The van der Waals surface area contributed by atoms with E-state index in [1.54, 1.807) is 35.8 Å². The molecule has 0 atom stereocenters. The van der Waals surface area contributed by atoms with E-state index in [2.05, 4.69) is 20.0 Å². The highest BCUT2D eigenvalue weighted by Gasteiger charge is 2.15. The van der Waals surface area contributed by atoms with Crippen molar-refractivity contribution in [3.8, 4) is 5.75 Å². The molecule has 7 nitrogen and oxygen atoms in total. The molecule has 0 saturated carbocycles. The van der Waals surface area contributed by atoms with Gasteiger partial charge >= 0.3 is 0 Å². The molecule has 31 heavy (non-hydrogen) atoms. The third kappa shape index (κ3) is 6.03. The molecule has 0 aliphatic carbocycles. The molecule has 0 amide bonds. The summed E-state index contributed by atoms with van der Waals surface area (Å²) in [5.41, 5.74) is 1.76. The molecular weight excluding hydrogens is 452 g/mol. The van der Waals surface area contributed by atoms with Crippen LogP contribution in [0.15, 0.2) is 76.4 Å². The van der Waals surface area contributed by atoms with Crippen LogP contribution < -0.4 is 14.8 Å². The fourth-order valence-electron chi connectivity index (χ4n) is 2.73. The van der Waals surface area contributed by atoms with Gasteiger partial charge in [0.15, 0.2) is 10.3 Å². The van der Waals surface area contributed by atoms with Crippen LogP contribution in [-0.2, 0) is 16.4 Å². The Bertz CT molecular complexity index is 1190. The van der Waals surface area contributed by atoms with E-state index in [9.17, 15) is 8.42 Å². The minimum atomic E-state index is -3.66. The van der Waals surface area contributed by atoms with E-state index >= 15 is 0 Å². The SMILES string of the molecule is O=S(=O)(Nc1nccs1)c1ccc(Nc2nc(CCCOc3ccccc3)cs2)cc1. The summed E-state index contributed by atoms with van der Waals surface area (Å²) in [5, 5.41) is 8.04. The van der Waals surface area contributed by atoms with Crippen molar-refractivity contribution in [2.24, 2.45) is 0 Å². The zero-order valence-electron chi connectivity index (χ0n) is 16.4. The van der Waals surface area contributed by atoms with E-state index in [1.165, 1.54) is 22.7 Å². The topological polar surface area (TPSA) is 93.2 Å². The average Bonchev–Trinajstić information content (AvgIpc) is 3.44. The summed E-state index contributed by atoms with van der Waals surface area (Å²) in [4.78, 5) is 8.70. The summed E-state index contributed by atoms with van der Waals surface area (Å²) in [5.74, 6) is 0.871. The van der Waals surface area contributed by atoms with Crippen LogP contribution in [0.4, 0.5) is 16.0 Å². The van der Waals surface area contributed by atoms with Crippen LogP contribution in [-0.4, -0.2) is 25.0 Å². The van der Waals surface area contributed by atoms with Gasteiger partial charge in [-0.05, 0) is 49.2 Å². The molecule has 0 fully saturated rings. The van der Waals surface area contributed by atoms with Gasteiger partial charge in [0.05, 0.1) is 17.2 Å². The van der Waals surface area contributed by atoms with Crippen LogP contribution >= 0.6 is 22.7 Å². The van der Waals surface area contributed by atoms with Gasteiger partial charge in [-0.2, -0.15) is 0 Å². The van der Waals surface area contributed by atoms with E-state index < -0.39 is 10.0 Å². The van der Waals surface area contributed by atoms with Gasteiger partial charge in [0.25, 0.3) is 10.0 Å². The van der Waals surface area contributed by atoms with Crippen LogP contribution in [0, 0.1) is 0 Å². The maximum Gasteiger partial charge on any atom is 0.263 e. The van der Waals surface area contributed by atoms with Gasteiger partial charge < -0.3 is 10.1 Å². The number of hydrogen-bond donors (Lipinski definition) is 2. The minimum absolute atomic E-state index is 0.173. The molecule has 0 aliphatic rings. The smallest absolute Gasteiger partial charge is 0.263 e. The lowest BCUT2D eigenvalue weighted by Crippen LogP contribution is -2.12. The van der Waals surface area contributed by atoms with Gasteiger partial charge in [0, 0.05) is 22.6 Å². The van der Waals surface area contributed by atoms with E-state index in [-0.39, 0.29) is 4.90 Å². The Morgan fingerprint density at radius 1 is 0.968 bits per heavy atom. The second kappa shape index (κ2) is 9.90. The van der Waals surface area contributed by atoms with Crippen molar-refractivity contribution in [1.29, 1.82) is 0 Å². The van der Waals surface area contributed by atoms with E-state index in [1.807, 2.05) is 35.7 Å². The Kier molecular flexibility index (Phi) is 6.80. The molecule has 10 heteroatoms. The van der Waals surface area contributed by atoms with Gasteiger partial charge in [-0.1, -0.05) is 18.2 Å². The third-order valence-electron chi connectivity index (χ3n) is 4.21. The molecule has 0 radical (unpaired) electrons. The fraction of sp³-hybridized carbons (Fsp3) is 0.143. The summed E-state index contributed by atoms with van der Waals surface area (Å²) in [7, 11) is -3.66. The Labute approximate surface area is 188 Å². The zero-order chi connectivity index (χ0) is 21.5. The third-order valence-corrected chi connectivity index (χ3v) is 7.19.